The highest BCUT2D eigenvalue weighted by atomic mass is 16.6. The highest BCUT2D eigenvalue weighted by Crippen LogP contribution is 2.30. The van der Waals surface area contributed by atoms with Gasteiger partial charge in [-0.15, -0.1) is 0 Å². The molecule has 0 bridgehead atoms. The number of carbonyl (C=O) groups is 2. The number of non-ortho nitro benzene ring substituents is 1. The Labute approximate surface area is 201 Å². The lowest BCUT2D eigenvalue weighted by atomic mass is 9.93. The third kappa shape index (κ3) is 5.21. The number of carbonyl (C=O) groups excluding carboxylic acids is 2. The van der Waals surface area contributed by atoms with Gasteiger partial charge in [-0.25, -0.2) is 5.43 Å². The summed E-state index contributed by atoms with van der Waals surface area (Å²) in [5.41, 5.74) is 4.94. The van der Waals surface area contributed by atoms with Crippen molar-refractivity contribution in [3.8, 4) is 5.75 Å². The molecule has 180 valence electrons. The number of ether oxygens (including phenoxy) is 1. The predicted octanol–water partition coefficient (Wildman–Crippen LogP) is 4.62. The van der Waals surface area contributed by atoms with Crippen LogP contribution in [0.3, 0.4) is 0 Å². The van der Waals surface area contributed by atoms with E-state index in [9.17, 15) is 19.7 Å². The van der Waals surface area contributed by atoms with Gasteiger partial charge in [-0.3, -0.25) is 19.7 Å². The van der Waals surface area contributed by atoms with Crippen molar-refractivity contribution < 1.29 is 23.7 Å². The van der Waals surface area contributed by atoms with Crippen LogP contribution in [0, 0.1) is 17.0 Å². The van der Waals surface area contributed by atoms with E-state index < -0.39 is 10.8 Å². The summed E-state index contributed by atoms with van der Waals surface area (Å²) in [6.07, 6.45) is 1.97. The van der Waals surface area contributed by atoms with Crippen LogP contribution in [0.25, 0.3) is 0 Å². The zero-order valence-electron chi connectivity index (χ0n) is 19.3. The molecular weight excluding hydrogens is 452 g/mol. The number of furan rings is 1. The van der Waals surface area contributed by atoms with E-state index in [2.05, 4.69) is 15.8 Å². The van der Waals surface area contributed by atoms with Crippen LogP contribution in [0.1, 0.15) is 57.6 Å². The van der Waals surface area contributed by atoms with Gasteiger partial charge < -0.3 is 14.5 Å². The van der Waals surface area contributed by atoms with Gasteiger partial charge in [-0.2, -0.15) is 5.10 Å². The quantitative estimate of drug-likeness (QED) is 0.377. The van der Waals surface area contributed by atoms with Crippen LogP contribution in [0.5, 0.6) is 5.75 Å². The minimum atomic E-state index is -0.567. The van der Waals surface area contributed by atoms with E-state index >= 15 is 0 Å². The SMILES string of the molecule is CCOc1ccc(NC(=O)c2oc3c(c2C)/C(=N/NC(=O)c2cccc([N+](=O)[O-])c2)CCC3)cc1. The third-order valence-electron chi connectivity index (χ3n) is 5.57. The number of hydrazone groups is 1. The number of hydrogen-bond donors (Lipinski definition) is 2. The molecule has 4 rings (SSSR count). The van der Waals surface area contributed by atoms with E-state index in [1.807, 2.05) is 6.92 Å². The second-order valence-corrected chi connectivity index (χ2v) is 7.93. The largest absolute Gasteiger partial charge is 0.494 e. The first-order valence-electron chi connectivity index (χ1n) is 11.2. The molecule has 0 radical (unpaired) electrons. The first kappa shape index (κ1) is 23.7. The Balaban J connectivity index is 1.52. The zero-order chi connectivity index (χ0) is 24.9. The monoisotopic (exact) mass is 476 g/mol. The van der Waals surface area contributed by atoms with Crippen molar-refractivity contribution in [2.45, 2.75) is 33.1 Å². The Hall–Kier alpha value is -4.47. The number of nitro benzene ring substituents is 1. The molecule has 0 saturated heterocycles. The molecule has 2 amide bonds. The smallest absolute Gasteiger partial charge is 0.291 e. The van der Waals surface area contributed by atoms with E-state index in [4.69, 9.17) is 9.15 Å². The standard InChI is InChI=1S/C25H24N4O6/c1-3-34-19-12-10-17(11-13-19)26-25(31)23-15(2)22-20(8-5-9-21(22)35-23)27-28-24(30)16-6-4-7-18(14-16)29(32)33/h4,6-7,10-14H,3,5,8-9H2,1-2H3,(H,26,31)(H,28,30)/b27-20+. The molecule has 0 atom stereocenters. The molecule has 0 spiro atoms. The molecule has 1 aliphatic rings. The summed E-state index contributed by atoms with van der Waals surface area (Å²) in [6.45, 7) is 4.23. The van der Waals surface area contributed by atoms with Crippen molar-refractivity contribution in [3.05, 3.63) is 86.9 Å². The van der Waals surface area contributed by atoms with Crippen molar-refractivity contribution in [1.82, 2.24) is 5.43 Å². The molecule has 1 aromatic heterocycles. The molecule has 0 unspecified atom stereocenters. The van der Waals surface area contributed by atoms with Crippen LogP contribution in [-0.4, -0.2) is 29.1 Å². The van der Waals surface area contributed by atoms with Gasteiger partial charge in [-0.05, 0) is 57.0 Å². The number of fused-ring (bicyclic) bond motifs is 1. The van der Waals surface area contributed by atoms with E-state index in [0.717, 1.165) is 6.42 Å². The fourth-order valence-corrected chi connectivity index (χ4v) is 3.93. The third-order valence-corrected chi connectivity index (χ3v) is 5.57. The molecule has 2 aromatic carbocycles. The van der Waals surface area contributed by atoms with Crippen LogP contribution in [0.15, 0.2) is 58.0 Å². The molecule has 3 aromatic rings. The van der Waals surface area contributed by atoms with Gasteiger partial charge in [0.25, 0.3) is 17.5 Å². The van der Waals surface area contributed by atoms with Gasteiger partial charge in [0.2, 0.25) is 0 Å². The Morgan fingerprint density at radius 3 is 2.63 bits per heavy atom. The number of nitrogens with one attached hydrogen (secondary N) is 2. The fourth-order valence-electron chi connectivity index (χ4n) is 3.93. The molecule has 1 heterocycles. The van der Waals surface area contributed by atoms with Crippen molar-refractivity contribution in [2.75, 3.05) is 11.9 Å². The summed E-state index contributed by atoms with van der Waals surface area (Å²) in [5.74, 6) is 0.574. The summed E-state index contributed by atoms with van der Waals surface area (Å²) in [6, 6.07) is 12.4. The molecule has 35 heavy (non-hydrogen) atoms. The predicted molar refractivity (Wildman–Crippen MR) is 129 cm³/mol. The number of nitro groups is 1. The van der Waals surface area contributed by atoms with Gasteiger partial charge in [0.15, 0.2) is 5.76 Å². The van der Waals surface area contributed by atoms with E-state index in [1.165, 1.54) is 24.3 Å². The second-order valence-electron chi connectivity index (χ2n) is 7.93. The molecule has 0 fully saturated rings. The summed E-state index contributed by atoms with van der Waals surface area (Å²) in [5, 5.41) is 18.1. The minimum absolute atomic E-state index is 0.124. The minimum Gasteiger partial charge on any atom is -0.494 e. The van der Waals surface area contributed by atoms with Crippen molar-refractivity contribution in [2.24, 2.45) is 5.10 Å². The topological polar surface area (TPSA) is 136 Å². The number of aryl methyl sites for hydroxylation is 1. The Morgan fingerprint density at radius 2 is 1.91 bits per heavy atom. The van der Waals surface area contributed by atoms with Gasteiger partial charge in [0.05, 0.1) is 17.2 Å². The molecule has 0 aliphatic heterocycles. The number of nitrogens with zero attached hydrogens (tertiary/aromatic N) is 2. The van der Waals surface area contributed by atoms with Gasteiger partial charge in [0, 0.05) is 40.9 Å². The summed E-state index contributed by atoms with van der Waals surface area (Å²) < 4.78 is 11.3. The Bertz CT molecular complexity index is 1310. The van der Waals surface area contributed by atoms with E-state index in [-0.39, 0.29) is 22.9 Å². The molecule has 1 aliphatic carbocycles. The maximum Gasteiger partial charge on any atom is 0.291 e. The molecule has 10 heteroatoms. The Morgan fingerprint density at radius 1 is 1.14 bits per heavy atom. The number of hydrogen-bond acceptors (Lipinski definition) is 7. The average molecular weight is 476 g/mol. The van der Waals surface area contributed by atoms with Gasteiger partial charge >= 0.3 is 0 Å². The van der Waals surface area contributed by atoms with Crippen LogP contribution in [0.2, 0.25) is 0 Å². The maximum absolute atomic E-state index is 12.9. The van der Waals surface area contributed by atoms with Crippen molar-refractivity contribution in [3.63, 3.8) is 0 Å². The summed E-state index contributed by atoms with van der Waals surface area (Å²) in [4.78, 5) is 35.8. The van der Waals surface area contributed by atoms with Crippen molar-refractivity contribution >= 4 is 28.9 Å². The van der Waals surface area contributed by atoms with Crippen LogP contribution < -0.4 is 15.5 Å². The summed E-state index contributed by atoms with van der Waals surface area (Å²) in [7, 11) is 0. The number of benzene rings is 2. The Kier molecular flexibility index (Phi) is 6.91. The van der Waals surface area contributed by atoms with Crippen LogP contribution in [0.4, 0.5) is 11.4 Å². The number of rotatable bonds is 7. The fraction of sp³-hybridized carbons (Fsp3) is 0.240. The molecule has 10 nitrogen and oxygen atoms in total. The first-order chi connectivity index (χ1) is 16.9. The van der Waals surface area contributed by atoms with Crippen LogP contribution >= 0.6 is 0 Å². The highest BCUT2D eigenvalue weighted by molar-refractivity contribution is 6.09. The lowest BCUT2D eigenvalue weighted by Crippen LogP contribution is -2.22. The molecular formula is C25H24N4O6. The van der Waals surface area contributed by atoms with Gasteiger partial charge in [-0.1, -0.05) is 6.07 Å². The summed E-state index contributed by atoms with van der Waals surface area (Å²) >= 11 is 0. The first-order valence-corrected chi connectivity index (χ1v) is 11.2. The van der Waals surface area contributed by atoms with Gasteiger partial charge in [0.1, 0.15) is 11.5 Å². The lowest BCUT2D eigenvalue weighted by molar-refractivity contribution is -0.384. The number of anilines is 1. The highest BCUT2D eigenvalue weighted by Gasteiger charge is 2.28. The second kappa shape index (κ2) is 10.2. The van der Waals surface area contributed by atoms with E-state index in [1.54, 1.807) is 31.2 Å². The maximum atomic E-state index is 12.9. The molecule has 2 N–H and O–H groups in total. The zero-order valence-corrected chi connectivity index (χ0v) is 19.3. The average Bonchev–Trinajstić information content (AvgIpc) is 3.21. The lowest BCUT2D eigenvalue weighted by Gasteiger charge is -2.13. The van der Waals surface area contributed by atoms with E-state index in [0.29, 0.717) is 53.5 Å². The number of amides is 2. The van der Waals surface area contributed by atoms with Crippen LogP contribution in [-0.2, 0) is 6.42 Å². The molecule has 0 saturated carbocycles. The van der Waals surface area contributed by atoms with Crippen molar-refractivity contribution in [1.29, 1.82) is 0 Å². The normalized spacial score (nSPS) is 13.7.